The standard InChI is InChI=1S/C14H18N2O3/c15-12(17)8-14(9-19-10-14)16-13(18)7-6-11-4-2-1-3-5-11/h1-5H,6-10H2,(H2,15,17)(H,16,18). The molecule has 0 spiro atoms. The Morgan fingerprint density at radius 2 is 1.95 bits per heavy atom. The third kappa shape index (κ3) is 3.79. The van der Waals surface area contributed by atoms with E-state index in [1.807, 2.05) is 30.3 Å². The molecule has 1 aliphatic rings. The zero-order chi connectivity index (χ0) is 13.7. The van der Waals surface area contributed by atoms with Crippen molar-refractivity contribution in [3.05, 3.63) is 35.9 Å². The Morgan fingerprint density at radius 3 is 2.47 bits per heavy atom. The van der Waals surface area contributed by atoms with Crippen LogP contribution >= 0.6 is 0 Å². The van der Waals surface area contributed by atoms with E-state index in [2.05, 4.69) is 5.32 Å². The van der Waals surface area contributed by atoms with Crippen molar-refractivity contribution in [2.45, 2.75) is 24.8 Å². The first-order valence-electron chi connectivity index (χ1n) is 6.31. The van der Waals surface area contributed by atoms with Crippen molar-refractivity contribution in [3.8, 4) is 0 Å². The van der Waals surface area contributed by atoms with Gasteiger partial charge in [-0.25, -0.2) is 0 Å². The normalized spacial score (nSPS) is 16.4. The van der Waals surface area contributed by atoms with Crippen molar-refractivity contribution in [3.63, 3.8) is 0 Å². The van der Waals surface area contributed by atoms with Crippen LogP contribution in [0.2, 0.25) is 0 Å². The number of amides is 2. The Morgan fingerprint density at radius 1 is 1.26 bits per heavy atom. The Bertz CT molecular complexity index is 455. The smallest absolute Gasteiger partial charge is 0.220 e. The molecule has 102 valence electrons. The molecule has 0 aliphatic carbocycles. The van der Waals surface area contributed by atoms with E-state index < -0.39 is 11.4 Å². The van der Waals surface area contributed by atoms with E-state index in [-0.39, 0.29) is 12.3 Å². The third-order valence-electron chi connectivity index (χ3n) is 3.16. The van der Waals surface area contributed by atoms with Gasteiger partial charge in [0.05, 0.1) is 25.2 Å². The van der Waals surface area contributed by atoms with Gasteiger partial charge in [0.2, 0.25) is 11.8 Å². The molecule has 2 amide bonds. The highest BCUT2D eigenvalue weighted by atomic mass is 16.5. The summed E-state index contributed by atoms with van der Waals surface area (Å²) in [7, 11) is 0. The summed E-state index contributed by atoms with van der Waals surface area (Å²) in [5.41, 5.74) is 5.72. The van der Waals surface area contributed by atoms with E-state index in [4.69, 9.17) is 10.5 Å². The van der Waals surface area contributed by atoms with Crippen LogP contribution in [-0.4, -0.2) is 30.6 Å². The number of hydrogen-bond donors (Lipinski definition) is 2. The lowest BCUT2D eigenvalue weighted by atomic mass is 9.92. The number of primary amides is 1. The highest BCUT2D eigenvalue weighted by molar-refractivity contribution is 5.80. The number of hydrogen-bond acceptors (Lipinski definition) is 3. The monoisotopic (exact) mass is 262 g/mol. The van der Waals surface area contributed by atoms with Gasteiger partial charge in [0, 0.05) is 6.42 Å². The highest BCUT2D eigenvalue weighted by Gasteiger charge is 2.41. The first-order valence-corrected chi connectivity index (χ1v) is 6.31. The van der Waals surface area contributed by atoms with Gasteiger partial charge < -0.3 is 15.8 Å². The number of benzene rings is 1. The van der Waals surface area contributed by atoms with Gasteiger partial charge in [-0.1, -0.05) is 30.3 Å². The van der Waals surface area contributed by atoms with Crippen LogP contribution in [0.5, 0.6) is 0 Å². The lowest BCUT2D eigenvalue weighted by Gasteiger charge is -2.41. The predicted molar refractivity (Wildman–Crippen MR) is 70.3 cm³/mol. The third-order valence-corrected chi connectivity index (χ3v) is 3.16. The number of nitrogens with one attached hydrogen (secondary N) is 1. The molecule has 1 aromatic rings. The maximum atomic E-state index is 11.9. The van der Waals surface area contributed by atoms with E-state index in [0.717, 1.165) is 5.56 Å². The lowest BCUT2D eigenvalue weighted by molar-refractivity contribution is -0.138. The van der Waals surface area contributed by atoms with Crippen molar-refractivity contribution in [2.75, 3.05) is 13.2 Å². The van der Waals surface area contributed by atoms with Crippen molar-refractivity contribution in [1.29, 1.82) is 0 Å². The van der Waals surface area contributed by atoms with E-state index in [0.29, 0.717) is 26.1 Å². The maximum absolute atomic E-state index is 11.9. The summed E-state index contributed by atoms with van der Waals surface area (Å²) in [6.45, 7) is 0.708. The van der Waals surface area contributed by atoms with Crippen molar-refractivity contribution >= 4 is 11.8 Å². The van der Waals surface area contributed by atoms with Crippen LogP contribution in [0, 0.1) is 0 Å². The fourth-order valence-corrected chi connectivity index (χ4v) is 2.16. The number of ether oxygens (including phenoxy) is 1. The van der Waals surface area contributed by atoms with E-state index in [1.165, 1.54) is 0 Å². The molecule has 1 saturated heterocycles. The zero-order valence-corrected chi connectivity index (χ0v) is 10.7. The summed E-state index contributed by atoms with van der Waals surface area (Å²) in [5, 5.41) is 2.87. The number of rotatable bonds is 6. The summed E-state index contributed by atoms with van der Waals surface area (Å²) in [5.74, 6) is -0.500. The molecule has 1 aliphatic heterocycles. The lowest BCUT2D eigenvalue weighted by Crippen LogP contribution is -2.63. The van der Waals surface area contributed by atoms with Gasteiger partial charge in [0.15, 0.2) is 0 Å². The molecule has 1 fully saturated rings. The number of nitrogens with two attached hydrogens (primary N) is 1. The molecule has 0 aromatic heterocycles. The van der Waals surface area contributed by atoms with Crippen LogP contribution in [0.3, 0.4) is 0 Å². The minimum Gasteiger partial charge on any atom is -0.376 e. The van der Waals surface area contributed by atoms with Gasteiger partial charge in [-0.05, 0) is 12.0 Å². The molecule has 1 aromatic carbocycles. The fraction of sp³-hybridized carbons (Fsp3) is 0.429. The molecular weight excluding hydrogens is 244 g/mol. The molecule has 0 unspecified atom stereocenters. The first kappa shape index (κ1) is 13.5. The van der Waals surface area contributed by atoms with Crippen LogP contribution < -0.4 is 11.1 Å². The molecule has 2 rings (SSSR count). The second kappa shape index (κ2) is 5.84. The van der Waals surface area contributed by atoms with Gasteiger partial charge >= 0.3 is 0 Å². The summed E-state index contributed by atoms with van der Waals surface area (Å²) in [4.78, 5) is 22.9. The molecule has 0 saturated carbocycles. The van der Waals surface area contributed by atoms with Crippen LogP contribution in [0.15, 0.2) is 30.3 Å². The summed E-state index contributed by atoms with van der Waals surface area (Å²) in [6, 6.07) is 9.80. The summed E-state index contributed by atoms with van der Waals surface area (Å²) in [6.07, 6.45) is 1.20. The molecule has 19 heavy (non-hydrogen) atoms. The van der Waals surface area contributed by atoms with Gasteiger partial charge in [-0.3, -0.25) is 9.59 Å². The first-order chi connectivity index (χ1) is 9.10. The maximum Gasteiger partial charge on any atom is 0.220 e. The predicted octanol–water partition coefficient (Wildman–Crippen LogP) is 0.380. The molecular formula is C14H18N2O3. The average Bonchev–Trinajstić information content (AvgIpc) is 2.34. The Kier molecular flexibility index (Phi) is 4.16. The molecule has 1 heterocycles. The van der Waals surface area contributed by atoms with E-state index in [1.54, 1.807) is 0 Å². The van der Waals surface area contributed by atoms with Gasteiger partial charge in [0.25, 0.3) is 0 Å². The Labute approximate surface area is 112 Å². The van der Waals surface area contributed by atoms with Crippen LogP contribution in [0.1, 0.15) is 18.4 Å². The quantitative estimate of drug-likeness (QED) is 0.777. The van der Waals surface area contributed by atoms with Crippen LogP contribution in [0.4, 0.5) is 0 Å². The van der Waals surface area contributed by atoms with Crippen molar-refractivity contribution in [1.82, 2.24) is 5.32 Å². The molecule has 5 heteroatoms. The van der Waals surface area contributed by atoms with Crippen molar-refractivity contribution < 1.29 is 14.3 Å². The fourth-order valence-electron chi connectivity index (χ4n) is 2.16. The average molecular weight is 262 g/mol. The second-order valence-corrected chi connectivity index (χ2v) is 4.95. The Balaban J connectivity index is 1.82. The molecule has 0 radical (unpaired) electrons. The highest BCUT2D eigenvalue weighted by Crippen LogP contribution is 2.21. The minimum absolute atomic E-state index is 0.0756. The number of carbonyl (C=O) groups is 2. The largest absolute Gasteiger partial charge is 0.376 e. The minimum atomic E-state index is -0.584. The SMILES string of the molecule is NC(=O)CC1(NC(=O)CCc2ccccc2)COC1. The second-order valence-electron chi connectivity index (χ2n) is 4.95. The number of carbonyl (C=O) groups excluding carboxylic acids is 2. The molecule has 5 nitrogen and oxygen atoms in total. The molecule has 3 N–H and O–H groups in total. The number of aryl methyl sites for hydroxylation is 1. The van der Waals surface area contributed by atoms with Gasteiger partial charge in [0.1, 0.15) is 0 Å². The summed E-state index contributed by atoms with van der Waals surface area (Å²) < 4.78 is 5.08. The molecule has 0 atom stereocenters. The zero-order valence-electron chi connectivity index (χ0n) is 10.7. The van der Waals surface area contributed by atoms with Crippen LogP contribution in [0.25, 0.3) is 0 Å². The molecule has 0 bridgehead atoms. The van der Waals surface area contributed by atoms with Crippen LogP contribution in [-0.2, 0) is 20.7 Å². The van der Waals surface area contributed by atoms with Crippen molar-refractivity contribution in [2.24, 2.45) is 5.73 Å². The summed E-state index contributed by atoms with van der Waals surface area (Å²) >= 11 is 0. The topological polar surface area (TPSA) is 81.4 Å². The Hall–Kier alpha value is -1.88. The van der Waals surface area contributed by atoms with Gasteiger partial charge in [-0.2, -0.15) is 0 Å². The van der Waals surface area contributed by atoms with E-state index >= 15 is 0 Å². The van der Waals surface area contributed by atoms with E-state index in [9.17, 15) is 9.59 Å². The van der Waals surface area contributed by atoms with Gasteiger partial charge in [-0.15, -0.1) is 0 Å².